The van der Waals surface area contributed by atoms with Crippen LogP contribution in [0.2, 0.25) is 0 Å². The lowest BCUT2D eigenvalue weighted by molar-refractivity contribution is 0.0478. The van der Waals surface area contributed by atoms with Crippen LogP contribution in [0.25, 0.3) is 0 Å². The van der Waals surface area contributed by atoms with Crippen LogP contribution in [0.15, 0.2) is 0 Å². The van der Waals surface area contributed by atoms with Crippen molar-refractivity contribution in [3.8, 4) is 6.07 Å². The van der Waals surface area contributed by atoms with Crippen LogP contribution in [0, 0.1) is 11.3 Å². The van der Waals surface area contributed by atoms with Gasteiger partial charge in [-0.1, -0.05) is 6.42 Å². The molecule has 6 nitrogen and oxygen atoms in total. The van der Waals surface area contributed by atoms with Crippen molar-refractivity contribution in [2.75, 3.05) is 18.9 Å². The molecule has 6 heteroatoms. The predicted octanol–water partition coefficient (Wildman–Crippen LogP) is 2.76. The summed E-state index contributed by atoms with van der Waals surface area (Å²) < 4.78 is 10.2. The number of hydrogen-bond acceptors (Lipinski definition) is 6. The number of nitrogens with two attached hydrogens (primary N) is 1. The molecule has 24 heavy (non-hydrogen) atoms. The molecule has 0 amide bonds. The van der Waals surface area contributed by atoms with E-state index < -0.39 is 11.9 Å². The van der Waals surface area contributed by atoms with Crippen molar-refractivity contribution in [3.63, 3.8) is 0 Å². The molecular weight excluding hydrogens is 308 g/mol. The Hall–Kier alpha value is -2.55. The molecule has 0 fully saturated rings. The molecule has 2 N–H and O–H groups in total. The molecule has 2 rings (SSSR count). The minimum absolute atomic E-state index is 0.0136. The highest BCUT2D eigenvalue weighted by atomic mass is 16.5. The minimum atomic E-state index is -0.693. The molecule has 0 unspecified atom stereocenters. The van der Waals surface area contributed by atoms with Crippen molar-refractivity contribution in [2.45, 2.75) is 46.0 Å². The summed E-state index contributed by atoms with van der Waals surface area (Å²) in [6.45, 7) is 3.72. The highest BCUT2D eigenvalue weighted by molar-refractivity contribution is 6.09. The van der Waals surface area contributed by atoms with Gasteiger partial charge in [0.2, 0.25) is 0 Å². The van der Waals surface area contributed by atoms with Gasteiger partial charge in [-0.15, -0.1) is 0 Å². The van der Waals surface area contributed by atoms with Gasteiger partial charge in [-0.2, -0.15) is 5.26 Å². The lowest BCUT2D eigenvalue weighted by Gasteiger charge is -2.19. The standard InChI is InChI=1S/C18H22N2O4/c1-3-23-17(21)14-12-9-7-5-6-8-11(12)13(10-19)16(20)15(14)18(22)24-4-2/h3-9,20H2,1-2H3. The van der Waals surface area contributed by atoms with Gasteiger partial charge in [0.15, 0.2) is 0 Å². The second-order valence-electron chi connectivity index (χ2n) is 5.61. The normalized spacial score (nSPS) is 13.4. The zero-order valence-corrected chi connectivity index (χ0v) is 14.1. The SMILES string of the molecule is CCOC(=O)c1c(N)c(C#N)c2c(c1C(=O)OCC)CCCCC2. The summed E-state index contributed by atoms with van der Waals surface area (Å²) in [4.78, 5) is 25.0. The van der Waals surface area contributed by atoms with Crippen LogP contribution in [0.3, 0.4) is 0 Å². The Balaban J connectivity index is 2.81. The van der Waals surface area contributed by atoms with Crippen molar-refractivity contribution < 1.29 is 19.1 Å². The number of rotatable bonds is 4. The Labute approximate surface area is 141 Å². The summed E-state index contributed by atoms with van der Waals surface area (Å²) >= 11 is 0. The number of nitrogens with zero attached hydrogens (tertiary/aromatic N) is 1. The molecule has 0 aliphatic heterocycles. The Bertz CT molecular complexity index is 704. The molecule has 1 aromatic rings. The summed E-state index contributed by atoms with van der Waals surface area (Å²) in [6.07, 6.45) is 4.08. The van der Waals surface area contributed by atoms with Crippen LogP contribution in [-0.4, -0.2) is 25.2 Å². The maximum atomic E-state index is 12.5. The smallest absolute Gasteiger partial charge is 0.341 e. The van der Waals surface area contributed by atoms with E-state index in [1.54, 1.807) is 13.8 Å². The molecule has 0 aromatic heterocycles. The Morgan fingerprint density at radius 1 is 1.00 bits per heavy atom. The van der Waals surface area contributed by atoms with Crippen LogP contribution >= 0.6 is 0 Å². The number of hydrogen-bond donors (Lipinski definition) is 1. The minimum Gasteiger partial charge on any atom is -0.462 e. The first kappa shape index (κ1) is 17.8. The van der Waals surface area contributed by atoms with E-state index in [-0.39, 0.29) is 35.6 Å². The van der Waals surface area contributed by atoms with Gasteiger partial charge >= 0.3 is 11.9 Å². The molecule has 0 saturated heterocycles. The third-order valence-electron chi connectivity index (χ3n) is 4.18. The lowest BCUT2D eigenvalue weighted by Crippen LogP contribution is -2.21. The molecule has 0 saturated carbocycles. The van der Waals surface area contributed by atoms with E-state index in [4.69, 9.17) is 15.2 Å². The first-order valence-electron chi connectivity index (χ1n) is 8.28. The topological polar surface area (TPSA) is 102 Å². The van der Waals surface area contributed by atoms with Gasteiger partial charge in [0, 0.05) is 0 Å². The molecule has 0 spiro atoms. The van der Waals surface area contributed by atoms with Gasteiger partial charge in [0.25, 0.3) is 0 Å². The van der Waals surface area contributed by atoms with Gasteiger partial charge in [-0.3, -0.25) is 0 Å². The quantitative estimate of drug-likeness (QED) is 0.517. The summed E-state index contributed by atoms with van der Waals surface area (Å²) in [5, 5.41) is 9.54. The number of benzene rings is 1. The Kier molecular flexibility index (Phi) is 5.80. The van der Waals surface area contributed by atoms with Crippen molar-refractivity contribution in [2.24, 2.45) is 0 Å². The van der Waals surface area contributed by atoms with Gasteiger partial charge in [0.05, 0.1) is 35.6 Å². The van der Waals surface area contributed by atoms with Gasteiger partial charge in [0.1, 0.15) is 6.07 Å². The number of anilines is 1. The summed E-state index contributed by atoms with van der Waals surface area (Å²) in [5.74, 6) is -1.28. The van der Waals surface area contributed by atoms with Crippen molar-refractivity contribution in [1.29, 1.82) is 5.26 Å². The second kappa shape index (κ2) is 7.82. The average Bonchev–Trinajstić information content (AvgIpc) is 2.79. The largest absolute Gasteiger partial charge is 0.462 e. The molecule has 0 heterocycles. The third kappa shape index (κ3) is 3.21. The van der Waals surface area contributed by atoms with Crippen LogP contribution < -0.4 is 5.73 Å². The molecule has 0 radical (unpaired) electrons. The van der Waals surface area contributed by atoms with E-state index in [1.807, 2.05) is 0 Å². The van der Waals surface area contributed by atoms with Crippen LogP contribution in [0.5, 0.6) is 0 Å². The van der Waals surface area contributed by atoms with E-state index in [2.05, 4.69) is 6.07 Å². The number of ether oxygens (including phenoxy) is 2. The molecule has 1 aromatic carbocycles. The zero-order valence-electron chi connectivity index (χ0n) is 14.1. The fourth-order valence-electron chi connectivity index (χ4n) is 3.18. The monoisotopic (exact) mass is 330 g/mol. The van der Waals surface area contributed by atoms with Crippen LogP contribution in [0.4, 0.5) is 5.69 Å². The highest BCUT2D eigenvalue weighted by Gasteiger charge is 2.31. The van der Waals surface area contributed by atoms with E-state index >= 15 is 0 Å². The molecule has 128 valence electrons. The van der Waals surface area contributed by atoms with Crippen LogP contribution in [0.1, 0.15) is 70.5 Å². The maximum absolute atomic E-state index is 12.5. The Morgan fingerprint density at radius 2 is 1.54 bits per heavy atom. The fraction of sp³-hybridized carbons (Fsp3) is 0.500. The summed E-state index contributed by atoms with van der Waals surface area (Å²) in [5.41, 5.74) is 8.01. The maximum Gasteiger partial charge on any atom is 0.341 e. The molecule has 0 atom stereocenters. The van der Waals surface area contributed by atoms with Crippen molar-refractivity contribution >= 4 is 17.6 Å². The van der Waals surface area contributed by atoms with Crippen molar-refractivity contribution in [1.82, 2.24) is 0 Å². The number of carbonyl (C=O) groups excluding carboxylic acids is 2. The summed E-state index contributed by atoms with van der Waals surface area (Å²) in [7, 11) is 0. The fourth-order valence-corrected chi connectivity index (χ4v) is 3.18. The van der Waals surface area contributed by atoms with Gasteiger partial charge in [-0.05, 0) is 50.7 Å². The number of fused-ring (bicyclic) bond motifs is 1. The summed E-state index contributed by atoms with van der Waals surface area (Å²) in [6, 6.07) is 2.10. The lowest BCUT2D eigenvalue weighted by atomic mass is 9.87. The van der Waals surface area contributed by atoms with E-state index in [0.717, 1.165) is 24.8 Å². The second-order valence-corrected chi connectivity index (χ2v) is 5.61. The van der Waals surface area contributed by atoms with E-state index in [1.165, 1.54) is 0 Å². The van der Waals surface area contributed by atoms with E-state index in [9.17, 15) is 14.9 Å². The number of esters is 2. The third-order valence-corrected chi connectivity index (χ3v) is 4.18. The van der Waals surface area contributed by atoms with E-state index in [0.29, 0.717) is 18.4 Å². The van der Waals surface area contributed by atoms with Gasteiger partial charge in [-0.25, -0.2) is 9.59 Å². The Morgan fingerprint density at radius 3 is 2.08 bits per heavy atom. The van der Waals surface area contributed by atoms with Gasteiger partial charge < -0.3 is 15.2 Å². The number of carbonyl (C=O) groups is 2. The first-order chi connectivity index (χ1) is 11.6. The van der Waals surface area contributed by atoms with Crippen LogP contribution in [-0.2, 0) is 22.3 Å². The molecule has 1 aliphatic carbocycles. The zero-order chi connectivity index (χ0) is 17.7. The van der Waals surface area contributed by atoms with Crippen molar-refractivity contribution in [3.05, 3.63) is 27.8 Å². The number of nitrogen functional groups attached to an aromatic ring is 1. The first-order valence-corrected chi connectivity index (χ1v) is 8.28. The molecular formula is C18H22N2O4. The molecule has 0 bridgehead atoms. The average molecular weight is 330 g/mol. The molecule has 1 aliphatic rings. The predicted molar refractivity (Wildman–Crippen MR) is 88.7 cm³/mol. The highest BCUT2D eigenvalue weighted by Crippen LogP contribution is 2.35. The number of nitriles is 1.